The predicted molar refractivity (Wildman–Crippen MR) is 87.0 cm³/mol. The molecule has 1 N–H and O–H groups in total. The van der Waals surface area contributed by atoms with Gasteiger partial charge in [0.1, 0.15) is 16.5 Å². The van der Waals surface area contributed by atoms with Gasteiger partial charge in [-0.1, -0.05) is 12.1 Å². The third kappa shape index (κ3) is 2.78. The first-order valence-electron chi connectivity index (χ1n) is 7.25. The lowest BCUT2D eigenvalue weighted by molar-refractivity contribution is -0.136. The number of aromatic nitrogens is 1. The number of rotatable bonds is 4. The second kappa shape index (κ2) is 5.96. The molecule has 0 aliphatic rings. The van der Waals surface area contributed by atoms with Crippen molar-refractivity contribution in [1.29, 1.82) is 0 Å². The largest absolute Gasteiger partial charge is 0.481 e. The lowest BCUT2D eigenvalue weighted by Gasteiger charge is -2.11. The minimum absolute atomic E-state index is 0.0957. The number of aliphatic carboxylic acids is 1. The van der Waals surface area contributed by atoms with E-state index in [-0.39, 0.29) is 22.2 Å². The van der Waals surface area contributed by atoms with Crippen molar-refractivity contribution < 1.29 is 27.1 Å². The van der Waals surface area contributed by atoms with Crippen LogP contribution in [0.3, 0.4) is 0 Å². The average Bonchev–Trinajstić information content (AvgIpc) is 2.79. The lowest BCUT2D eigenvalue weighted by Crippen LogP contribution is -2.16. The number of carboxylic acids is 1. The molecule has 0 radical (unpaired) electrons. The summed E-state index contributed by atoms with van der Waals surface area (Å²) in [5, 5.41) is 9.25. The van der Waals surface area contributed by atoms with Gasteiger partial charge in [0.25, 0.3) is 10.0 Å². The van der Waals surface area contributed by atoms with E-state index in [1.165, 1.54) is 25.1 Å². The van der Waals surface area contributed by atoms with Gasteiger partial charge in [-0.2, -0.15) is 0 Å². The van der Waals surface area contributed by atoms with Crippen LogP contribution in [0.5, 0.6) is 0 Å². The SMILES string of the molecule is Cc1c(CC(=O)O)c2cc(F)ccc2n1S(=O)(=O)c1ccccc1F. The topological polar surface area (TPSA) is 76.4 Å². The summed E-state index contributed by atoms with van der Waals surface area (Å²) in [7, 11) is -4.33. The third-order valence-electron chi connectivity index (χ3n) is 3.93. The van der Waals surface area contributed by atoms with Gasteiger partial charge < -0.3 is 5.11 Å². The Labute approximate surface area is 142 Å². The number of carbonyl (C=O) groups is 1. The molecule has 0 fully saturated rings. The molecular formula is C17H13F2NO4S. The van der Waals surface area contributed by atoms with Gasteiger partial charge in [-0.05, 0) is 42.8 Å². The van der Waals surface area contributed by atoms with Crippen LogP contribution < -0.4 is 0 Å². The summed E-state index contributed by atoms with van der Waals surface area (Å²) >= 11 is 0. The Morgan fingerprint density at radius 3 is 2.48 bits per heavy atom. The molecule has 2 aromatic carbocycles. The number of fused-ring (bicyclic) bond motifs is 1. The van der Waals surface area contributed by atoms with E-state index >= 15 is 0 Å². The van der Waals surface area contributed by atoms with E-state index in [0.29, 0.717) is 0 Å². The van der Waals surface area contributed by atoms with Crippen LogP contribution in [0, 0.1) is 18.6 Å². The van der Waals surface area contributed by atoms with E-state index < -0.39 is 38.9 Å². The summed E-state index contributed by atoms with van der Waals surface area (Å²) in [6.45, 7) is 1.41. The number of benzene rings is 2. The fraction of sp³-hybridized carbons (Fsp3) is 0.118. The van der Waals surface area contributed by atoms with Gasteiger partial charge in [0.05, 0.1) is 11.9 Å². The molecule has 0 saturated heterocycles. The zero-order chi connectivity index (χ0) is 18.4. The smallest absolute Gasteiger partial charge is 0.307 e. The van der Waals surface area contributed by atoms with Gasteiger partial charge in [-0.3, -0.25) is 4.79 Å². The Bertz CT molecular complexity index is 1100. The molecule has 0 bridgehead atoms. The summed E-state index contributed by atoms with van der Waals surface area (Å²) in [5.74, 6) is -2.74. The Hall–Kier alpha value is -2.74. The van der Waals surface area contributed by atoms with Crippen molar-refractivity contribution in [3.63, 3.8) is 0 Å². The monoisotopic (exact) mass is 365 g/mol. The Balaban J connectivity index is 2.39. The molecule has 0 atom stereocenters. The highest BCUT2D eigenvalue weighted by Crippen LogP contribution is 2.31. The van der Waals surface area contributed by atoms with Crippen molar-refractivity contribution >= 4 is 26.9 Å². The standard InChI is InChI=1S/C17H13F2NO4S/c1-10-12(9-17(21)22)13-8-11(18)6-7-15(13)20(10)25(23,24)16-5-3-2-4-14(16)19/h2-8H,9H2,1H3,(H,21,22). The van der Waals surface area contributed by atoms with E-state index in [9.17, 15) is 22.0 Å². The van der Waals surface area contributed by atoms with Crippen LogP contribution in [-0.4, -0.2) is 23.5 Å². The molecule has 25 heavy (non-hydrogen) atoms. The first-order chi connectivity index (χ1) is 11.7. The number of carboxylic acid groups (broad SMARTS) is 1. The summed E-state index contributed by atoms with van der Waals surface area (Å²) in [4.78, 5) is 10.6. The Morgan fingerprint density at radius 1 is 1.16 bits per heavy atom. The summed E-state index contributed by atoms with van der Waals surface area (Å²) in [5.41, 5.74) is 0.367. The highest BCUT2D eigenvalue weighted by atomic mass is 32.2. The minimum atomic E-state index is -4.33. The maximum absolute atomic E-state index is 14.0. The number of nitrogens with zero attached hydrogens (tertiary/aromatic N) is 1. The first-order valence-corrected chi connectivity index (χ1v) is 8.69. The number of hydrogen-bond acceptors (Lipinski definition) is 3. The number of hydrogen-bond donors (Lipinski definition) is 1. The van der Waals surface area contributed by atoms with Gasteiger partial charge in [0, 0.05) is 11.1 Å². The van der Waals surface area contributed by atoms with Crippen molar-refractivity contribution in [2.75, 3.05) is 0 Å². The highest BCUT2D eigenvalue weighted by Gasteiger charge is 2.28. The van der Waals surface area contributed by atoms with Gasteiger partial charge >= 0.3 is 5.97 Å². The lowest BCUT2D eigenvalue weighted by atomic mass is 10.1. The molecule has 0 aliphatic carbocycles. The summed E-state index contributed by atoms with van der Waals surface area (Å²) in [6, 6.07) is 8.27. The number of halogens is 2. The van der Waals surface area contributed by atoms with E-state index in [1.54, 1.807) is 0 Å². The Kier molecular flexibility index (Phi) is 4.08. The summed E-state index contributed by atoms with van der Waals surface area (Å²) < 4.78 is 54.4. The van der Waals surface area contributed by atoms with Crippen LogP contribution in [0.4, 0.5) is 8.78 Å². The van der Waals surface area contributed by atoms with E-state index in [1.807, 2.05) is 0 Å². The van der Waals surface area contributed by atoms with Gasteiger partial charge in [-0.15, -0.1) is 0 Å². The molecule has 0 unspecified atom stereocenters. The normalized spacial score (nSPS) is 11.8. The van der Waals surface area contributed by atoms with Gasteiger partial charge in [0.15, 0.2) is 0 Å². The molecule has 1 heterocycles. The van der Waals surface area contributed by atoms with Crippen molar-refractivity contribution in [3.05, 3.63) is 65.4 Å². The van der Waals surface area contributed by atoms with Crippen molar-refractivity contribution in [3.8, 4) is 0 Å². The van der Waals surface area contributed by atoms with Crippen LogP contribution in [0.1, 0.15) is 11.3 Å². The van der Waals surface area contributed by atoms with Crippen molar-refractivity contribution in [2.45, 2.75) is 18.2 Å². The Morgan fingerprint density at radius 2 is 1.84 bits per heavy atom. The second-order valence-corrected chi connectivity index (χ2v) is 7.25. The average molecular weight is 365 g/mol. The fourth-order valence-corrected chi connectivity index (χ4v) is 4.51. The first kappa shape index (κ1) is 17.1. The quantitative estimate of drug-likeness (QED) is 0.771. The maximum Gasteiger partial charge on any atom is 0.307 e. The van der Waals surface area contributed by atoms with Crippen molar-refractivity contribution in [1.82, 2.24) is 3.97 Å². The highest BCUT2D eigenvalue weighted by molar-refractivity contribution is 7.90. The maximum atomic E-state index is 14.0. The predicted octanol–water partition coefficient (Wildman–Crippen LogP) is 3.09. The molecule has 5 nitrogen and oxygen atoms in total. The van der Waals surface area contributed by atoms with Crippen LogP contribution in [0.25, 0.3) is 10.9 Å². The molecule has 3 aromatic rings. The molecule has 0 spiro atoms. The fourth-order valence-electron chi connectivity index (χ4n) is 2.86. The molecular weight excluding hydrogens is 352 g/mol. The molecule has 0 aliphatic heterocycles. The third-order valence-corrected chi connectivity index (χ3v) is 5.76. The zero-order valence-corrected chi connectivity index (χ0v) is 13.8. The van der Waals surface area contributed by atoms with Crippen LogP contribution in [0.15, 0.2) is 47.4 Å². The van der Waals surface area contributed by atoms with E-state index in [2.05, 4.69) is 0 Å². The molecule has 130 valence electrons. The van der Waals surface area contributed by atoms with Crippen LogP contribution in [0.2, 0.25) is 0 Å². The molecule has 0 amide bonds. The minimum Gasteiger partial charge on any atom is -0.481 e. The van der Waals surface area contributed by atoms with E-state index in [4.69, 9.17) is 5.11 Å². The zero-order valence-electron chi connectivity index (χ0n) is 13.0. The molecule has 1 aromatic heterocycles. The van der Waals surface area contributed by atoms with Gasteiger partial charge in [0.2, 0.25) is 0 Å². The van der Waals surface area contributed by atoms with Crippen molar-refractivity contribution in [2.24, 2.45) is 0 Å². The summed E-state index contributed by atoms with van der Waals surface area (Å²) in [6.07, 6.45) is -0.481. The molecule has 3 rings (SSSR count). The molecule has 0 saturated carbocycles. The van der Waals surface area contributed by atoms with E-state index in [0.717, 1.165) is 28.2 Å². The van der Waals surface area contributed by atoms with Gasteiger partial charge in [-0.25, -0.2) is 21.2 Å². The molecule has 8 heteroatoms. The van der Waals surface area contributed by atoms with Crippen LogP contribution in [-0.2, 0) is 21.2 Å². The van der Waals surface area contributed by atoms with Crippen LogP contribution >= 0.6 is 0 Å². The second-order valence-electron chi connectivity index (χ2n) is 5.50.